The lowest BCUT2D eigenvalue weighted by molar-refractivity contribution is 0.609. The van der Waals surface area contributed by atoms with Gasteiger partial charge in [-0.2, -0.15) is 5.10 Å². The van der Waals surface area contributed by atoms with Crippen LogP contribution in [0.4, 0.5) is 0 Å². The van der Waals surface area contributed by atoms with E-state index in [1.165, 1.54) is 0 Å². The van der Waals surface area contributed by atoms with Crippen molar-refractivity contribution < 1.29 is 0 Å². The fourth-order valence-electron chi connectivity index (χ4n) is 1.66. The molecule has 0 aliphatic carbocycles. The maximum absolute atomic E-state index is 4.54. The van der Waals surface area contributed by atoms with Crippen molar-refractivity contribution in [1.29, 1.82) is 0 Å². The molecule has 0 bridgehead atoms. The Bertz CT molecular complexity index is 462. The maximum Gasteiger partial charge on any atom is 0.181 e. The third-order valence-corrected chi connectivity index (χ3v) is 2.60. The lowest BCUT2D eigenvalue weighted by Crippen LogP contribution is -2.17. The third-order valence-electron chi connectivity index (χ3n) is 2.60. The van der Waals surface area contributed by atoms with Gasteiger partial charge < -0.3 is 5.32 Å². The molecule has 0 fully saturated rings. The number of rotatable bonds is 5. The van der Waals surface area contributed by atoms with Crippen LogP contribution in [0.2, 0.25) is 0 Å². The SMILES string of the molecule is CCCNCc1nc(-c2ccccc2)nn1C. The first kappa shape index (κ1) is 11.8. The second-order valence-corrected chi connectivity index (χ2v) is 4.02. The molecule has 0 aliphatic heterocycles. The molecule has 90 valence electrons. The van der Waals surface area contributed by atoms with Crippen molar-refractivity contribution in [2.24, 2.45) is 7.05 Å². The standard InChI is InChI=1S/C13H18N4/c1-3-9-14-10-12-15-13(16-17(12)2)11-7-5-4-6-8-11/h4-8,14H,3,9-10H2,1-2H3. The van der Waals surface area contributed by atoms with E-state index in [-0.39, 0.29) is 0 Å². The number of nitrogens with one attached hydrogen (secondary N) is 1. The van der Waals surface area contributed by atoms with Gasteiger partial charge in [-0.25, -0.2) is 4.98 Å². The van der Waals surface area contributed by atoms with Crippen molar-refractivity contribution in [2.75, 3.05) is 6.54 Å². The van der Waals surface area contributed by atoms with Crippen molar-refractivity contribution >= 4 is 0 Å². The Balaban J connectivity index is 2.13. The zero-order valence-electron chi connectivity index (χ0n) is 10.3. The van der Waals surface area contributed by atoms with Gasteiger partial charge in [0.1, 0.15) is 5.82 Å². The summed E-state index contributed by atoms with van der Waals surface area (Å²) >= 11 is 0. The van der Waals surface area contributed by atoms with Gasteiger partial charge in [-0.05, 0) is 13.0 Å². The Morgan fingerprint density at radius 2 is 2.00 bits per heavy atom. The fourth-order valence-corrected chi connectivity index (χ4v) is 1.66. The minimum Gasteiger partial charge on any atom is -0.310 e. The monoisotopic (exact) mass is 230 g/mol. The lowest BCUT2D eigenvalue weighted by Gasteiger charge is -2.00. The van der Waals surface area contributed by atoms with Gasteiger partial charge in [0, 0.05) is 12.6 Å². The lowest BCUT2D eigenvalue weighted by atomic mass is 10.2. The molecule has 1 aromatic heterocycles. The van der Waals surface area contributed by atoms with Crippen molar-refractivity contribution in [1.82, 2.24) is 20.1 Å². The molecule has 1 heterocycles. The van der Waals surface area contributed by atoms with E-state index >= 15 is 0 Å². The number of hydrogen-bond donors (Lipinski definition) is 1. The third kappa shape index (κ3) is 2.91. The smallest absolute Gasteiger partial charge is 0.181 e. The molecule has 0 amide bonds. The van der Waals surface area contributed by atoms with Gasteiger partial charge in [0.15, 0.2) is 5.82 Å². The van der Waals surface area contributed by atoms with Crippen LogP contribution in [0.25, 0.3) is 11.4 Å². The summed E-state index contributed by atoms with van der Waals surface area (Å²) in [5.74, 6) is 1.76. The summed E-state index contributed by atoms with van der Waals surface area (Å²) in [6.07, 6.45) is 1.13. The highest BCUT2D eigenvalue weighted by Gasteiger charge is 2.07. The fraction of sp³-hybridized carbons (Fsp3) is 0.385. The zero-order chi connectivity index (χ0) is 12.1. The van der Waals surface area contributed by atoms with E-state index < -0.39 is 0 Å². The van der Waals surface area contributed by atoms with Crippen LogP contribution in [0.5, 0.6) is 0 Å². The largest absolute Gasteiger partial charge is 0.310 e. The Labute approximate surface area is 102 Å². The van der Waals surface area contributed by atoms with Crippen LogP contribution >= 0.6 is 0 Å². The Hall–Kier alpha value is -1.68. The van der Waals surface area contributed by atoms with Gasteiger partial charge in [-0.3, -0.25) is 4.68 Å². The molecular formula is C13H18N4. The first-order chi connectivity index (χ1) is 8.31. The molecule has 2 aromatic rings. The quantitative estimate of drug-likeness (QED) is 0.799. The van der Waals surface area contributed by atoms with Crippen LogP contribution in [-0.2, 0) is 13.6 Å². The molecule has 2 rings (SSSR count). The van der Waals surface area contributed by atoms with E-state index in [9.17, 15) is 0 Å². The Morgan fingerprint density at radius 1 is 1.24 bits per heavy atom. The first-order valence-corrected chi connectivity index (χ1v) is 5.97. The average Bonchev–Trinajstić information content (AvgIpc) is 2.73. The summed E-state index contributed by atoms with van der Waals surface area (Å²) in [5.41, 5.74) is 1.06. The topological polar surface area (TPSA) is 42.7 Å². The molecule has 4 nitrogen and oxygen atoms in total. The summed E-state index contributed by atoms with van der Waals surface area (Å²) in [5, 5.41) is 7.76. The molecule has 17 heavy (non-hydrogen) atoms. The Kier molecular flexibility index (Phi) is 3.88. The molecule has 0 saturated heterocycles. The highest BCUT2D eigenvalue weighted by atomic mass is 15.3. The summed E-state index contributed by atoms with van der Waals surface area (Å²) in [4.78, 5) is 4.54. The normalized spacial score (nSPS) is 10.7. The molecule has 4 heteroatoms. The van der Waals surface area contributed by atoms with Crippen molar-refractivity contribution in [3.63, 3.8) is 0 Å². The highest BCUT2D eigenvalue weighted by Crippen LogP contribution is 2.14. The molecule has 1 N–H and O–H groups in total. The van der Waals surface area contributed by atoms with Gasteiger partial charge in [-0.1, -0.05) is 37.3 Å². The molecule has 0 spiro atoms. The predicted molar refractivity (Wildman–Crippen MR) is 68.4 cm³/mol. The summed E-state index contributed by atoms with van der Waals surface area (Å²) in [6, 6.07) is 10.1. The molecular weight excluding hydrogens is 212 g/mol. The van der Waals surface area contributed by atoms with E-state index in [0.717, 1.165) is 36.7 Å². The minimum absolute atomic E-state index is 0.768. The summed E-state index contributed by atoms with van der Waals surface area (Å²) < 4.78 is 1.84. The summed E-state index contributed by atoms with van der Waals surface area (Å²) in [6.45, 7) is 3.93. The van der Waals surface area contributed by atoms with Crippen molar-refractivity contribution in [3.8, 4) is 11.4 Å². The number of nitrogens with zero attached hydrogens (tertiary/aromatic N) is 3. The molecule has 1 aromatic carbocycles. The van der Waals surface area contributed by atoms with Crippen LogP contribution in [0.1, 0.15) is 19.2 Å². The molecule has 0 radical (unpaired) electrons. The van der Waals surface area contributed by atoms with Gasteiger partial charge >= 0.3 is 0 Å². The molecule has 0 saturated carbocycles. The summed E-state index contributed by atoms with van der Waals surface area (Å²) in [7, 11) is 1.93. The van der Waals surface area contributed by atoms with Crippen LogP contribution < -0.4 is 5.32 Å². The van der Waals surface area contributed by atoms with Crippen LogP contribution in [0, 0.1) is 0 Å². The van der Waals surface area contributed by atoms with Gasteiger partial charge in [0.2, 0.25) is 0 Å². The number of aromatic nitrogens is 3. The van der Waals surface area contributed by atoms with Crippen LogP contribution in [0.3, 0.4) is 0 Å². The minimum atomic E-state index is 0.768. The zero-order valence-corrected chi connectivity index (χ0v) is 10.3. The highest BCUT2D eigenvalue weighted by molar-refractivity contribution is 5.53. The van der Waals surface area contributed by atoms with E-state index in [4.69, 9.17) is 0 Å². The van der Waals surface area contributed by atoms with Crippen LogP contribution in [0.15, 0.2) is 30.3 Å². The molecule has 0 aliphatic rings. The number of aryl methyl sites for hydroxylation is 1. The van der Waals surface area contributed by atoms with Crippen molar-refractivity contribution in [3.05, 3.63) is 36.2 Å². The number of hydrogen-bond acceptors (Lipinski definition) is 3. The van der Waals surface area contributed by atoms with E-state index in [1.807, 2.05) is 42.1 Å². The van der Waals surface area contributed by atoms with E-state index in [2.05, 4.69) is 22.3 Å². The van der Waals surface area contributed by atoms with Gasteiger partial charge in [0.05, 0.1) is 6.54 Å². The second-order valence-electron chi connectivity index (χ2n) is 4.02. The van der Waals surface area contributed by atoms with E-state index in [0.29, 0.717) is 0 Å². The molecule has 0 unspecified atom stereocenters. The predicted octanol–water partition coefficient (Wildman–Crippen LogP) is 1.98. The average molecular weight is 230 g/mol. The van der Waals surface area contributed by atoms with Gasteiger partial charge in [-0.15, -0.1) is 0 Å². The Morgan fingerprint density at radius 3 is 2.71 bits per heavy atom. The first-order valence-electron chi connectivity index (χ1n) is 5.97. The number of benzene rings is 1. The van der Waals surface area contributed by atoms with E-state index in [1.54, 1.807) is 0 Å². The van der Waals surface area contributed by atoms with Crippen molar-refractivity contribution in [2.45, 2.75) is 19.9 Å². The molecule has 0 atom stereocenters. The van der Waals surface area contributed by atoms with Gasteiger partial charge in [0.25, 0.3) is 0 Å². The van der Waals surface area contributed by atoms with Crippen LogP contribution in [-0.4, -0.2) is 21.3 Å². The second kappa shape index (κ2) is 5.59. The maximum atomic E-state index is 4.54.